The van der Waals surface area contributed by atoms with Gasteiger partial charge in [-0.1, -0.05) is 18.2 Å². The van der Waals surface area contributed by atoms with Crippen LogP contribution in [0.2, 0.25) is 0 Å². The van der Waals surface area contributed by atoms with Crippen molar-refractivity contribution in [3.05, 3.63) is 70.9 Å². The van der Waals surface area contributed by atoms with E-state index in [0.717, 1.165) is 43.4 Å². The molecule has 2 amide bonds. The van der Waals surface area contributed by atoms with Crippen LogP contribution in [0.4, 0.5) is 13.6 Å². The van der Waals surface area contributed by atoms with Crippen LogP contribution in [0.5, 0.6) is 0 Å². The summed E-state index contributed by atoms with van der Waals surface area (Å²) in [6, 6.07) is 10.3. The van der Waals surface area contributed by atoms with Crippen molar-refractivity contribution in [2.45, 2.75) is 38.8 Å². The van der Waals surface area contributed by atoms with Crippen molar-refractivity contribution in [3.63, 3.8) is 0 Å². The minimum atomic E-state index is -0.822. The van der Waals surface area contributed by atoms with E-state index in [9.17, 15) is 13.6 Å². The van der Waals surface area contributed by atoms with Gasteiger partial charge in [-0.3, -0.25) is 4.90 Å². The van der Waals surface area contributed by atoms with Crippen molar-refractivity contribution in [1.29, 1.82) is 0 Å². The molecule has 1 aromatic heterocycles. The van der Waals surface area contributed by atoms with E-state index in [-0.39, 0.29) is 12.1 Å². The lowest BCUT2D eigenvalue weighted by Gasteiger charge is -2.32. The second-order valence-electron chi connectivity index (χ2n) is 8.31. The van der Waals surface area contributed by atoms with Gasteiger partial charge in [-0.05, 0) is 61.1 Å². The van der Waals surface area contributed by atoms with Crippen molar-refractivity contribution in [2.75, 3.05) is 19.6 Å². The quantitative estimate of drug-likeness (QED) is 0.552. The Bertz CT molecular complexity index is 1060. The Morgan fingerprint density at radius 3 is 2.71 bits per heavy atom. The highest BCUT2D eigenvalue weighted by atomic mass is 19.2. The van der Waals surface area contributed by atoms with Gasteiger partial charge in [-0.15, -0.1) is 0 Å². The van der Waals surface area contributed by atoms with E-state index >= 15 is 0 Å². The van der Waals surface area contributed by atoms with Gasteiger partial charge in [-0.25, -0.2) is 13.6 Å². The average Bonchev–Trinajstić information content (AvgIpc) is 3.14. The number of halogens is 2. The molecule has 1 fully saturated rings. The normalized spacial score (nSPS) is 15.3. The van der Waals surface area contributed by atoms with Gasteiger partial charge in [0.15, 0.2) is 11.6 Å². The maximum atomic E-state index is 13.4. The molecule has 7 heteroatoms. The number of aryl methyl sites for hydroxylation is 1. The number of hydrogen-bond acceptors (Lipinski definition) is 2. The molecule has 1 aliphatic rings. The number of likely N-dealkylation sites (tertiary alicyclic amines) is 1. The van der Waals surface area contributed by atoms with Gasteiger partial charge in [0.2, 0.25) is 0 Å². The molecule has 2 aromatic carbocycles. The summed E-state index contributed by atoms with van der Waals surface area (Å²) in [5.41, 5.74) is 4.29. The summed E-state index contributed by atoms with van der Waals surface area (Å²) in [4.78, 5) is 17.8. The molecule has 0 atom stereocenters. The molecule has 0 radical (unpaired) electrons. The number of aromatic amines is 1. The Kier molecular flexibility index (Phi) is 6.51. The Balaban J connectivity index is 1.18. The number of fused-ring (bicyclic) bond motifs is 1. The van der Waals surface area contributed by atoms with Gasteiger partial charge in [0.25, 0.3) is 0 Å². The maximum Gasteiger partial charge on any atom is 0.315 e. The fourth-order valence-corrected chi connectivity index (χ4v) is 4.19. The molecule has 0 saturated carbocycles. The van der Waals surface area contributed by atoms with E-state index in [2.05, 4.69) is 45.6 Å². The third-order valence-corrected chi connectivity index (χ3v) is 5.92. The first-order valence-electron chi connectivity index (χ1n) is 10.8. The molecule has 5 nitrogen and oxygen atoms in total. The lowest BCUT2D eigenvalue weighted by Crippen LogP contribution is -2.48. The summed E-state index contributed by atoms with van der Waals surface area (Å²) in [6.07, 6.45) is 4.44. The molecule has 164 valence electrons. The molecule has 31 heavy (non-hydrogen) atoms. The summed E-state index contributed by atoms with van der Waals surface area (Å²) < 4.78 is 26.4. The minimum absolute atomic E-state index is 0.122. The lowest BCUT2D eigenvalue weighted by molar-refractivity contribution is 0.186. The Labute approximate surface area is 180 Å². The Hall–Kier alpha value is -2.93. The molecular weight excluding hydrogens is 398 g/mol. The number of hydrogen-bond donors (Lipinski definition) is 3. The Morgan fingerprint density at radius 2 is 1.94 bits per heavy atom. The van der Waals surface area contributed by atoms with E-state index < -0.39 is 11.6 Å². The highest BCUT2D eigenvalue weighted by molar-refractivity contribution is 5.83. The number of H-pyrrole nitrogens is 1. The van der Waals surface area contributed by atoms with Gasteiger partial charge < -0.3 is 15.6 Å². The zero-order valence-electron chi connectivity index (χ0n) is 17.7. The van der Waals surface area contributed by atoms with Gasteiger partial charge >= 0.3 is 6.03 Å². The summed E-state index contributed by atoms with van der Waals surface area (Å²) >= 11 is 0. The first-order chi connectivity index (χ1) is 15.0. The number of carbonyl (C=O) groups excluding carboxylic acids is 1. The number of nitrogens with one attached hydrogen (secondary N) is 3. The predicted molar refractivity (Wildman–Crippen MR) is 118 cm³/mol. The summed E-state index contributed by atoms with van der Waals surface area (Å²) in [5, 5.41) is 7.20. The van der Waals surface area contributed by atoms with Crippen LogP contribution in [0, 0.1) is 18.6 Å². The summed E-state index contributed by atoms with van der Waals surface area (Å²) in [6.45, 7) is 4.83. The Morgan fingerprint density at radius 1 is 1.13 bits per heavy atom. The van der Waals surface area contributed by atoms with E-state index in [1.807, 2.05) is 6.20 Å². The zero-order chi connectivity index (χ0) is 21.8. The number of aromatic nitrogens is 1. The van der Waals surface area contributed by atoms with Crippen LogP contribution in [-0.4, -0.2) is 41.6 Å². The number of urea groups is 1. The van der Waals surface area contributed by atoms with E-state index in [0.29, 0.717) is 13.1 Å². The molecule has 3 N–H and O–H groups in total. The first kappa shape index (κ1) is 21.3. The molecule has 4 rings (SSSR count). The van der Waals surface area contributed by atoms with Gasteiger partial charge in [0.1, 0.15) is 0 Å². The van der Waals surface area contributed by atoms with Crippen LogP contribution in [0.15, 0.2) is 42.6 Å². The van der Waals surface area contributed by atoms with Crippen molar-refractivity contribution >= 4 is 16.9 Å². The van der Waals surface area contributed by atoms with Crippen molar-refractivity contribution in [3.8, 4) is 0 Å². The fourth-order valence-electron chi connectivity index (χ4n) is 4.19. The molecule has 3 aromatic rings. The van der Waals surface area contributed by atoms with E-state index in [1.54, 1.807) is 6.07 Å². The first-order valence-corrected chi connectivity index (χ1v) is 10.8. The summed E-state index contributed by atoms with van der Waals surface area (Å²) in [7, 11) is 0. The number of piperidine rings is 1. The molecule has 1 saturated heterocycles. The molecule has 0 unspecified atom stereocenters. The molecule has 2 heterocycles. The van der Waals surface area contributed by atoms with Crippen LogP contribution in [0.25, 0.3) is 10.9 Å². The number of nitrogens with zero attached hydrogens (tertiary/aromatic N) is 1. The molecule has 1 aliphatic heterocycles. The van der Waals surface area contributed by atoms with Crippen LogP contribution in [0.3, 0.4) is 0 Å². The topological polar surface area (TPSA) is 60.2 Å². The monoisotopic (exact) mass is 426 g/mol. The van der Waals surface area contributed by atoms with E-state index in [4.69, 9.17) is 0 Å². The molecule has 0 aliphatic carbocycles. The highest BCUT2D eigenvalue weighted by Crippen LogP contribution is 2.20. The van der Waals surface area contributed by atoms with Crippen molar-refractivity contribution in [1.82, 2.24) is 20.5 Å². The van der Waals surface area contributed by atoms with Gasteiger partial charge in [-0.2, -0.15) is 0 Å². The molecule has 0 bridgehead atoms. The van der Waals surface area contributed by atoms with Gasteiger partial charge in [0.05, 0.1) is 0 Å². The molecule has 0 spiro atoms. The summed E-state index contributed by atoms with van der Waals surface area (Å²) in [5.74, 6) is -1.63. The zero-order valence-corrected chi connectivity index (χ0v) is 17.7. The number of amides is 2. The van der Waals surface area contributed by atoms with Crippen LogP contribution in [-0.2, 0) is 13.0 Å². The number of rotatable bonds is 6. The third kappa shape index (κ3) is 5.41. The second kappa shape index (κ2) is 9.47. The van der Waals surface area contributed by atoms with Crippen LogP contribution >= 0.6 is 0 Å². The largest absolute Gasteiger partial charge is 0.361 e. The smallest absolute Gasteiger partial charge is 0.315 e. The third-order valence-electron chi connectivity index (χ3n) is 5.92. The maximum absolute atomic E-state index is 13.4. The fraction of sp³-hybridized carbons (Fsp3) is 0.375. The number of benzene rings is 2. The predicted octanol–water partition coefficient (Wildman–Crippen LogP) is 4.26. The van der Waals surface area contributed by atoms with Crippen LogP contribution in [0.1, 0.15) is 29.5 Å². The standard InChI is InChI=1S/C24H28F2N4O/c1-16-2-4-20-18(14-28-23(20)12-16)6-9-27-24(31)29-19-7-10-30(11-8-19)15-17-3-5-21(25)22(26)13-17/h2-5,12-14,19,28H,6-11,15H2,1H3,(H2,27,29,31). The SMILES string of the molecule is Cc1ccc2c(CCNC(=O)NC3CCN(Cc4ccc(F)c(F)c4)CC3)c[nH]c2c1. The lowest BCUT2D eigenvalue weighted by atomic mass is 10.0. The second-order valence-corrected chi connectivity index (χ2v) is 8.31. The molecular formula is C24H28F2N4O. The van der Waals surface area contributed by atoms with E-state index in [1.165, 1.54) is 28.6 Å². The van der Waals surface area contributed by atoms with Crippen LogP contribution < -0.4 is 10.6 Å². The van der Waals surface area contributed by atoms with Crippen molar-refractivity contribution < 1.29 is 13.6 Å². The van der Waals surface area contributed by atoms with Crippen molar-refractivity contribution in [2.24, 2.45) is 0 Å². The minimum Gasteiger partial charge on any atom is -0.361 e. The highest BCUT2D eigenvalue weighted by Gasteiger charge is 2.21. The number of carbonyl (C=O) groups is 1. The average molecular weight is 427 g/mol. The van der Waals surface area contributed by atoms with Gasteiger partial charge in [0, 0.05) is 49.3 Å².